The molecule has 4 nitrogen and oxygen atoms in total. The van der Waals surface area contributed by atoms with E-state index >= 15 is 0 Å². The minimum atomic E-state index is -4.40. The first-order valence-electron chi connectivity index (χ1n) is 9.52. The second kappa shape index (κ2) is 8.45. The van der Waals surface area contributed by atoms with Crippen LogP contribution in [0, 0.1) is 0 Å². The van der Waals surface area contributed by atoms with E-state index in [9.17, 15) is 18.0 Å². The summed E-state index contributed by atoms with van der Waals surface area (Å²) in [6, 6.07) is 12.6. The number of carbonyl (C=O) groups is 1. The van der Waals surface area contributed by atoms with Crippen LogP contribution in [0.2, 0.25) is 0 Å². The van der Waals surface area contributed by atoms with Gasteiger partial charge in [0.05, 0.1) is 5.56 Å². The van der Waals surface area contributed by atoms with E-state index in [1.807, 2.05) is 25.1 Å². The second-order valence-corrected chi connectivity index (χ2v) is 7.60. The zero-order valence-corrected chi connectivity index (χ0v) is 16.6. The van der Waals surface area contributed by atoms with E-state index in [0.29, 0.717) is 37.2 Å². The highest BCUT2D eigenvalue weighted by Crippen LogP contribution is 2.38. The quantitative estimate of drug-likeness (QED) is 0.807. The van der Waals surface area contributed by atoms with Crippen LogP contribution in [0.4, 0.5) is 18.9 Å². The summed E-state index contributed by atoms with van der Waals surface area (Å²) in [7, 11) is 3.78. The first-order chi connectivity index (χ1) is 13.7. The summed E-state index contributed by atoms with van der Waals surface area (Å²) in [6.07, 6.45) is -3.31. The number of hydrogen-bond donors (Lipinski definition) is 1. The van der Waals surface area contributed by atoms with E-state index in [0.717, 1.165) is 11.8 Å². The lowest BCUT2D eigenvalue weighted by Gasteiger charge is -2.38. The Bertz CT molecular complexity index is 859. The topological polar surface area (TPSA) is 41.6 Å². The molecule has 0 spiro atoms. The van der Waals surface area contributed by atoms with Crippen molar-refractivity contribution in [2.45, 2.75) is 24.4 Å². The lowest BCUT2D eigenvalue weighted by molar-refractivity contribution is -0.137. The highest BCUT2D eigenvalue weighted by molar-refractivity contribution is 5.95. The third-order valence-electron chi connectivity index (χ3n) is 5.46. The monoisotopic (exact) mass is 406 g/mol. The molecule has 0 radical (unpaired) electrons. The van der Waals surface area contributed by atoms with Gasteiger partial charge >= 0.3 is 6.18 Å². The molecule has 0 saturated carbocycles. The van der Waals surface area contributed by atoms with Gasteiger partial charge in [-0.25, -0.2) is 0 Å². The van der Waals surface area contributed by atoms with Crippen LogP contribution in [0.1, 0.15) is 34.3 Å². The van der Waals surface area contributed by atoms with E-state index in [1.165, 1.54) is 12.1 Å². The SMILES string of the molecule is CN(C)c1cccc(C(=O)NCC2(c3cccc(C(F)(F)F)c3)CCOCC2)c1. The molecule has 0 aliphatic carbocycles. The Morgan fingerprint density at radius 1 is 1.10 bits per heavy atom. The van der Waals surface area contributed by atoms with Gasteiger partial charge in [0.15, 0.2) is 0 Å². The van der Waals surface area contributed by atoms with Gasteiger partial charge < -0.3 is 15.0 Å². The van der Waals surface area contributed by atoms with E-state index in [1.54, 1.807) is 24.3 Å². The predicted molar refractivity (Wildman–Crippen MR) is 106 cm³/mol. The molecule has 1 saturated heterocycles. The lowest BCUT2D eigenvalue weighted by atomic mass is 9.73. The second-order valence-electron chi connectivity index (χ2n) is 7.60. The molecule has 2 aromatic carbocycles. The van der Waals surface area contributed by atoms with Crippen LogP contribution < -0.4 is 10.2 Å². The molecule has 0 aromatic heterocycles. The molecule has 0 unspecified atom stereocenters. The first-order valence-corrected chi connectivity index (χ1v) is 9.52. The van der Waals surface area contributed by atoms with Crippen molar-refractivity contribution in [3.8, 4) is 0 Å². The highest BCUT2D eigenvalue weighted by atomic mass is 19.4. The zero-order chi connectivity index (χ0) is 21.1. The molecule has 1 aliphatic rings. The molecule has 156 valence electrons. The van der Waals surface area contributed by atoms with Crippen LogP contribution in [-0.2, 0) is 16.3 Å². The molecular weight excluding hydrogens is 381 g/mol. The number of alkyl halides is 3. The van der Waals surface area contributed by atoms with Gasteiger partial charge in [-0.3, -0.25) is 4.79 Å². The standard InChI is InChI=1S/C22H25F3N2O2/c1-27(2)19-8-3-5-16(13-19)20(28)26-15-21(9-11-29-12-10-21)17-6-4-7-18(14-17)22(23,24)25/h3-8,13-14H,9-12,15H2,1-2H3,(H,26,28). The predicted octanol–water partition coefficient (Wildman–Crippen LogP) is 4.25. The summed E-state index contributed by atoms with van der Waals surface area (Å²) in [6.45, 7) is 1.15. The Balaban J connectivity index is 1.83. The number of nitrogens with zero attached hydrogens (tertiary/aromatic N) is 1. The van der Waals surface area contributed by atoms with Crippen LogP contribution in [0.5, 0.6) is 0 Å². The number of benzene rings is 2. The van der Waals surface area contributed by atoms with Gasteiger partial charge in [0.2, 0.25) is 0 Å². The van der Waals surface area contributed by atoms with Gasteiger partial charge in [0, 0.05) is 50.5 Å². The molecule has 29 heavy (non-hydrogen) atoms. The number of ether oxygens (including phenoxy) is 1. The van der Waals surface area contributed by atoms with Crippen molar-refractivity contribution in [3.63, 3.8) is 0 Å². The summed E-state index contributed by atoms with van der Waals surface area (Å²) in [5.74, 6) is -0.244. The summed E-state index contributed by atoms with van der Waals surface area (Å²) in [5, 5.41) is 2.94. The fourth-order valence-electron chi connectivity index (χ4n) is 3.63. The van der Waals surface area contributed by atoms with E-state index < -0.39 is 17.2 Å². The molecule has 1 amide bonds. The Morgan fingerprint density at radius 3 is 2.45 bits per heavy atom. The van der Waals surface area contributed by atoms with Gasteiger partial charge in [-0.2, -0.15) is 13.2 Å². The molecule has 1 fully saturated rings. The molecule has 3 rings (SSSR count). The molecule has 0 bridgehead atoms. The minimum Gasteiger partial charge on any atom is -0.381 e. The molecule has 1 heterocycles. The maximum absolute atomic E-state index is 13.2. The fourth-order valence-corrected chi connectivity index (χ4v) is 3.63. The highest BCUT2D eigenvalue weighted by Gasteiger charge is 2.37. The number of hydrogen-bond acceptors (Lipinski definition) is 3. The Morgan fingerprint density at radius 2 is 1.79 bits per heavy atom. The number of rotatable bonds is 5. The Hall–Kier alpha value is -2.54. The van der Waals surface area contributed by atoms with Crippen molar-refractivity contribution in [2.75, 3.05) is 38.8 Å². The summed E-state index contributed by atoms with van der Waals surface area (Å²) >= 11 is 0. The van der Waals surface area contributed by atoms with Crippen molar-refractivity contribution in [3.05, 3.63) is 65.2 Å². The number of nitrogens with one attached hydrogen (secondary N) is 1. The van der Waals surface area contributed by atoms with Crippen LogP contribution in [0.15, 0.2) is 48.5 Å². The smallest absolute Gasteiger partial charge is 0.381 e. The van der Waals surface area contributed by atoms with Crippen molar-refractivity contribution >= 4 is 11.6 Å². The van der Waals surface area contributed by atoms with Gasteiger partial charge in [-0.15, -0.1) is 0 Å². The molecular formula is C22H25F3N2O2. The van der Waals surface area contributed by atoms with Crippen molar-refractivity contribution in [2.24, 2.45) is 0 Å². The number of halogens is 3. The number of amides is 1. The van der Waals surface area contributed by atoms with Crippen molar-refractivity contribution < 1.29 is 22.7 Å². The van der Waals surface area contributed by atoms with Gasteiger partial charge in [-0.1, -0.05) is 24.3 Å². The summed E-state index contributed by atoms with van der Waals surface area (Å²) in [4.78, 5) is 14.6. The number of anilines is 1. The van der Waals surface area contributed by atoms with Gasteiger partial charge in [0.25, 0.3) is 5.91 Å². The molecule has 1 N–H and O–H groups in total. The van der Waals surface area contributed by atoms with Crippen LogP contribution >= 0.6 is 0 Å². The van der Waals surface area contributed by atoms with Crippen LogP contribution in [0.25, 0.3) is 0 Å². The Kier molecular flexibility index (Phi) is 6.17. The lowest BCUT2D eigenvalue weighted by Crippen LogP contribution is -2.44. The van der Waals surface area contributed by atoms with Crippen LogP contribution in [-0.4, -0.2) is 39.8 Å². The maximum atomic E-state index is 13.2. The maximum Gasteiger partial charge on any atom is 0.416 e. The fraction of sp³-hybridized carbons (Fsp3) is 0.409. The van der Waals surface area contributed by atoms with Gasteiger partial charge in [0.1, 0.15) is 0 Å². The molecule has 0 atom stereocenters. The van der Waals surface area contributed by atoms with Crippen molar-refractivity contribution in [1.82, 2.24) is 5.32 Å². The van der Waals surface area contributed by atoms with Gasteiger partial charge in [-0.05, 0) is 42.7 Å². The molecule has 1 aliphatic heterocycles. The van der Waals surface area contributed by atoms with E-state index in [2.05, 4.69) is 5.32 Å². The van der Waals surface area contributed by atoms with Crippen molar-refractivity contribution in [1.29, 1.82) is 0 Å². The third-order valence-corrected chi connectivity index (χ3v) is 5.46. The average molecular weight is 406 g/mol. The average Bonchev–Trinajstić information content (AvgIpc) is 2.72. The van der Waals surface area contributed by atoms with E-state index in [-0.39, 0.29) is 12.5 Å². The largest absolute Gasteiger partial charge is 0.416 e. The minimum absolute atomic E-state index is 0.244. The first kappa shape index (κ1) is 21.2. The normalized spacial score (nSPS) is 16.3. The summed E-state index contributed by atoms with van der Waals surface area (Å²) in [5.41, 5.74) is 0.733. The number of carbonyl (C=O) groups excluding carboxylic acids is 1. The van der Waals surface area contributed by atoms with Crippen LogP contribution in [0.3, 0.4) is 0 Å². The third kappa shape index (κ3) is 4.90. The summed E-state index contributed by atoms with van der Waals surface area (Å²) < 4.78 is 45.0. The zero-order valence-electron chi connectivity index (χ0n) is 16.6. The molecule has 7 heteroatoms. The molecule has 2 aromatic rings. The van der Waals surface area contributed by atoms with E-state index in [4.69, 9.17) is 4.74 Å². The Labute approximate surface area is 168 Å².